The monoisotopic (exact) mass is 626 g/mol. The molecule has 1 aliphatic heterocycles. The zero-order valence-corrected chi connectivity index (χ0v) is 26.6. The predicted molar refractivity (Wildman–Crippen MR) is 172 cm³/mol. The van der Waals surface area contributed by atoms with Gasteiger partial charge in [0.2, 0.25) is 5.91 Å². The minimum atomic E-state index is -1.66. The third-order valence-electron chi connectivity index (χ3n) is 9.36. The largest absolute Gasteiger partial charge is 0.494 e. The van der Waals surface area contributed by atoms with Gasteiger partial charge in [0.1, 0.15) is 46.1 Å². The van der Waals surface area contributed by atoms with Crippen molar-refractivity contribution in [1.82, 2.24) is 20.6 Å². The maximum Gasteiger partial charge on any atom is 0.251 e. The van der Waals surface area contributed by atoms with Gasteiger partial charge in [-0.15, -0.1) is 0 Å². The number of halogens is 1. The van der Waals surface area contributed by atoms with E-state index in [1.165, 1.54) is 19.2 Å². The molecule has 1 aliphatic carbocycles. The molecule has 0 spiro atoms. The molecule has 3 N–H and O–H groups in total. The normalized spacial score (nSPS) is 19.9. The zero-order valence-electron chi connectivity index (χ0n) is 26.6. The van der Waals surface area contributed by atoms with Gasteiger partial charge in [-0.25, -0.2) is 9.37 Å². The van der Waals surface area contributed by atoms with Gasteiger partial charge in [-0.3, -0.25) is 14.6 Å². The molecule has 0 bridgehead atoms. The van der Waals surface area contributed by atoms with Crippen molar-refractivity contribution in [3.05, 3.63) is 83.4 Å². The summed E-state index contributed by atoms with van der Waals surface area (Å²) in [5.74, 6) is -0.112. The van der Waals surface area contributed by atoms with Crippen LogP contribution in [0.15, 0.2) is 60.8 Å². The smallest absolute Gasteiger partial charge is 0.251 e. The number of methoxy groups -OCH3 is 1. The van der Waals surface area contributed by atoms with Crippen LogP contribution in [0.1, 0.15) is 74.5 Å². The Morgan fingerprint density at radius 3 is 2.54 bits per heavy atom. The molecular weight excluding hydrogens is 587 g/mol. The van der Waals surface area contributed by atoms with E-state index in [2.05, 4.69) is 22.5 Å². The van der Waals surface area contributed by atoms with E-state index in [-0.39, 0.29) is 30.3 Å². The van der Waals surface area contributed by atoms with Gasteiger partial charge in [0.15, 0.2) is 0 Å². The predicted octanol–water partition coefficient (Wildman–Crippen LogP) is 5.57. The number of fused-ring (bicyclic) bond motifs is 2. The average molecular weight is 627 g/mol. The Morgan fingerprint density at radius 1 is 1.09 bits per heavy atom. The van der Waals surface area contributed by atoms with Gasteiger partial charge in [-0.2, -0.15) is 0 Å². The molecule has 1 fully saturated rings. The van der Waals surface area contributed by atoms with E-state index in [9.17, 15) is 19.1 Å². The summed E-state index contributed by atoms with van der Waals surface area (Å²) in [4.78, 5) is 36.4. The van der Waals surface area contributed by atoms with E-state index < -0.39 is 22.7 Å². The number of hydrogen-bond donors (Lipinski definition) is 3. The summed E-state index contributed by atoms with van der Waals surface area (Å²) in [6, 6.07) is 14.4. The fourth-order valence-electron chi connectivity index (χ4n) is 6.41. The molecule has 2 aromatic carbocycles. The summed E-state index contributed by atoms with van der Waals surface area (Å²) in [5.41, 5.74) is -0.298. The highest BCUT2D eigenvalue weighted by atomic mass is 19.1. The SMILES string of the molecule is COc1cc(C(=O)NC[C@](C)(O)c2cc3c(c(-c4ccc(F)cc4)n2)OC[C@]3(C)C(=O)NC2(C)CCCCC2)cc2cccnc12. The van der Waals surface area contributed by atoms with Crippen LogP contribution in [0.5, 0.6) is 11.5 Å². The Bertz CT molecular complexity index is 1800. The van der Waals surface area contributed by atoms with Crippen LogP contribution in [-0.2, 0) is 15.8 Å². The Morgan fingerprint density at radius 2 is 1.83 bits per heavy atom. The number of aromatic nitrogens is 2. The summed E-state index contributed by atoms with van der Waals surface area (Å²) in [6.45, 7) is 5.37. The quantitative estimate of drug-likeness (QED) is 0.234. The van der Waals surface area contributed by atoms with E-state index in [0.29, 0.717) is 39.4 Å². The number of pyridine rings is 2. The molecule has 46 heavy (non-hydrogen) atoms. The van der Waals surface area contributed by atoms with Crippen LogP contribution in [0.25, 0.3) is 22.2 Å². The number of ether oxygens (including phenoxy) is 2. The number of nitrogens with zero attached hydrogens (tertiary/aromatic N) is 2. The fourth-order valence-corrected chi connectivity index (χ4v) is 6.41. The topological polar surface area (TPSA) is 123 Å². The second-order valence-electron chi connectivity index (χ2n) is 13.1. The number of hydrogen-bond acceptors (Lipinski definition) is 7. The molecule has 4 aromatic rings. The average Bonchev–Trinajstić information content (AvgIpc) is 3.40. The maximum atomic E-state index is 14.0. The molecule has 2 amide bonds. The fraction of sp³-hybridized carbons (Fsp3) is 0.389. The van der Waals surface area contributed by atoms with E-state index in [1.807, 2.05) is 13.0 Å². The van der Waals surface area contributed by atoms with Crippen molar-refractivity contribution in [3.8, 4) is 22.8 Å². The lowest BCUT2D eigenvalue weighted by Crippen LogP contribution is -2.54. The second kappa shape index (κ2) is 12.0. The lowest BCUT2D eigenvalue weighted by Gasteiger charge is -2.37. The summed E-state index contributed by atoms with van der Waals surface area (Å²) in [7, 11) is 1.52. The van der Waals surface area contributed by atoms with E-state index in [0.717, 1.165) is 37.5 Å². The van der Waals surface area contributed by atoms with Crippen molar-refractivity contribution in [1.29, 1.82) is 0 Å². The molecule has 0 unspecified atom stereocenters. The molecule has 2 aromatic heterocycles. The van der Waals surface area contributed by atoms with Gasteiger partial charge >= 0.3 is 0 Å². The molecule has 3 heterocycles. The van der Waals surface area contributed by atoms with Crippen molar-refractivity contribution < 1.29 is 28.6 Å². The second-order valence-corrected chi connectivity index (χ2v) is 13.1. The van der Waals surface area contributed by atoms with E-state index in [1.54, 1.807) is 49.5 Å². The number of nitrogens with one attached hydrogen (secondary N) is 2. The number of carbonyl (C=O) groups is 2. The van der Waals surface area contributed by atoms with Crippen LogP contribution in [-0.4, -0.2) is 52.7 Å². The highest BCUT2D eigenvalue weighted by molar-refractivity contribution is 6.00. The number of carbonyl (C=O) groups excluding carboxylic acids is 2. The van der Waals surface area contributed by atoms with Crippen LogP contribution >= 0.6 is 0 Å². The molecule has 0 saturated heterocycles. The van der Waals surface area contributed by atoms with Gasteiger partial charge in [-0.05, 0) is 82.1 Å². The zero-order chi connectivity index (χ0) is 32.7. The summed E-state index contributed by atoms with van der Waals surface area (Å²) in [6.07, 6.45) is 6.73. The number of benzene rings is 2. The lowest BCUT2D eigenvalue weighted by molar-refractivity contribution is -0.128. The highest BCUT2D eigenvalue weighted by Gasteiger charge is 2.47. The lowest BCUT2D eigenvalue weighted by atomic mass is 9.78. The first-order chi connectivity index (χ1) is 21.9. The van der Waals surface area contributed by atoms with Crippen molar-refractivity contribution in [2.24, 2.45) is 0 Å². The molecule has 10 heteroatoms. The Hall–Kier alpha value is -4.57. The first-order valence-corrected chi connectivity index (χ1v) is 15.6. The van der Waals surface area contributed by atoms with Crippen molar-refractivity contribution in [2.45, 2.75) is 69.4 Å². The van der Waals surface area contributed by atoms with Gasteiger partial charge in [0.05, 0.1) is 19.3 Å². The van der Waals surface area contributed by atoms with Gasteiger partial charge < -0.3 is 25.2 Å². The molecule has 1 saturated carbocycles. The van der Waals surface area contributed by atoms with Crippen LogP contribution < -0.4 is 20.1 Å². The molecular formula is C36H39FN4O5. The molecule has 0 radical (unpaired) electrons. The van der Waals surface area contributed by atoms with Crippen molar-refractivity contribution in [2.75, 3.05) is 20.3 Å². The van der Waals surface area contributed by atoms with Gasteiger partial charge in [-0.1, -0.05) is 25.3 Å². The van der Waals surface area contributed by atoms with Crippen LogP contribution in [0.4, 0.5) is 4.39 Å². The van der Waals surface area contributed by atoms with Gasteiger partial charge in [0, 0.05) is 33.8 Å². The molecule has 240 valence electrons. The maximum absolute atomic E-state index is 14.0. The number of amides is 2. The third kappa shape index (κ3) is 5.89. The van der Waals surface area contributed by atoms with E-state index >= 15 is 0 Å². The minimum Gasteiger partial charge on any atom is -0.494 e. The Kier molecular flexibility index (Phi) is 8.18. The summed E-state index contributed by atoms with van der Waals surface area (Å²) >= 11 is 0. The number of aliphatic hydroxyl groups is 1. The van der Waals surface area contributed by atoms with Crippen LogP contribution in [0.3, 0.4) is 0 Å². The van der Waals surface area contributed by atoms with Crippen molar-refractivity contribution >= 4 is 22.7 Å². The summed E-state index contributed by atoms with van der Waals surface area (Å²) < 4.78 is 25.5. The van der Waals surface area contributed by atoms with E-state index in [4.69, 9.17) is 14.5 Å². The molecule has 9 nitrogen and oxygen atoms in total. The van der Waals surface area contributed by atoms with Crippen LogP contribution in [0, 0.1) is 5.82 Å². The van der Waals surface area contributed by atoms with Crippen LogP contribution in [0.2, 0.25) is 0 Å². The third-order valence-corrected chi connectivity index (χ3v) is 9.36. The Labute approximate surface area is 267 Å². The first kappa shape index (κ1) is 31.4. The standard InChI is InChI=1S/C36H39FN4O5/c1-34(14-6-5-7-15-34)41-33(43)35(2)21-46-31-26(35)19-28(40-30(31)22-10-12-25(37)13-11-22)36(3,44)20-39-32(42)24-17-23-9-8-16-38-29(23)27(18-24)45-4/h8-13,16-19,44H,5-7,14-15,20-21H2,1-4H3,(H,39,42)(H,41,43)/t35-,36-/m0/s1. The minimum absolute atomic E-state index is 0.0844. The molecule has 6 rings (SSSR count). The van der Waals surface area contributed by atoms with Crippen molar-refractivity contribution in [3.63, 3.8) is 0 Å². The highest BCUT2D eigenvalue weighted by Crippen LogP contribution is 2.46. The number of rotatable bonds is 8. The Balaban J connectivity index is 1.33. The molecule has 2 aliphatic rings. The van der Waals surface area contributed by atoms with Gasteiger partial charge in [0.25, 0.3) is 5.91 Å². The summed E-state index contributed by atoms with van der Waals surface area (Å²) in [5, 5.41) is 18.7. The molecule has 2 atom stereocenters. The first-order valence-electron chi connectivity index (χ1n) is 15.6.